The molecule has 0 unspecified atom stereocenters. The SMILES string of the molecule is CN(C)c1cccc(C(=O)NCCN2CCC(c3cccs3)CC2)c1. The molecule has 1 N–H and O–H groups in total. The van der Waals surface area contributed by atoms with E-state index < -0.39 is 0 Å². The molecule has 0 aliphatic carbocycles. The van der Waals surface area contributed by atoms with E-state index in [1.165, 1.54) is 17.7 Å². The first-order valence-electron chi connectivity index (χ1n) is 8.95. The number of thiophene rings is 1. The predicted octanol–water partition coefficient (Wildman–Crippen LogP) is 3.42. The molecule has 0 bridgehead atoms. The van der Waals surface area contributed by atoms with E-state index in [0.717, 1.165) is 36.8 Å². The first-order valence-corrected chi connectivity index (χ1v) is 9.83. The summed E-state index contributed by atoms with van der Waals surface area (Å²) in [4.78, 5) is 18.3. The number of carbonyl (C=O) groups excluding carboxylic acids is 1. The fourth-order valence-electron chi connectivity index (χ4n) is 3.32. The van der Waals surface area contributed by atoms with Gasteiger partial charge in [-0.25, -0.2) is 0 Å². The summed E-state index contributed by atoms with van der Waals surface area (Å²) < 4.78 is 0. The van der Waals surface area contributed by atoms with Gasteiger partial charge >= 0.3 is 0 Å². The van der Waals surface area contributed by atoms with Crippen LogP contribution in [0.5, 0.6) is 0 Å². The van der Waals surface area contributed by atoms with Crippen molar-refractivity contribution < 1.29 is 4.79 Å². The van der Waals surface area contributed by atoms with Gasteiger partial charge in [0.15, 0.2) is 0 Å². The summed E-state index contributed by atoms with van der Waals surface area (Å²) in [5.74, 6) is 0.733. The Labute approximate surface area is 154 Å². The topological polar surface area (TPSA) is 35.6 Å². The monoisotopic (exact) mass is 357 g/mol. The Hall–Kier alpha value is -1.85. The summed E-state index contributed by atoms with van der Waals surface area (Å²) in [7, 11) is 3.97. The van der Waals surface area contributed by atoms with Crippen molar-refractivity contribution in [2.45, 2.75) is 18.8 Å². The van der Waals surface area contributed by atoms with E-state index in [0.29, 0.717) is 6.54 Å². The Bertz CT molecular complexity index is 676. The quantitative estimate of drug-likeness (QED) is 0.860. The Morgan fingerprint density at radius 1 is 1.24 bits per heavy atom. The van der Waals surface area contributed by atoms with Crippen LogP contribution in [0.25, 0.3) is 0 Å². The Morgan fingerprint density at radius 2 is 2.04 bits per heavy atom. The molecule has 1 saturated heterocycles. The third-order valence-corrected chi connectivity index (χ3v) is 5.91. The van der Waals surface area contributed by atoms with Crippen molar-refractivity contribution in [2.24, 2.45) is 0 Å². The number of nitrogens with one attached hydrogen (secondary N) is 1. The molecule has 1 fully saturated rings. The minimum Gasteiger partial charge on any atom is -0.378 e. The normalized spacial score (nSPS) is 15.9. The van der Waals surface area contributed by atoms with Crippen LogP contribution < -0.4 is 10.2 Å². The number of benzene rings is 1. The number of amides is 1. The highest BCUT2D eigenvalue weighted by Crippen LogP contribution is 2.30. The summed E-state index contributed by atoms with van der Waals surface area (Å²) in [6, 6.07) is 12.1. The summed E-state index contributed by atoms with van der Waals surface area (Å²) in [6.07, 6.45) is 2.44. The number of nitrogens with zero attached hydrogens (tertiary/aromatic N) is 2. The van der Waals surface area contributed by atoms with Gasteiger partial charge in [0.1, 0.15) is 0 Å². The van der Waals surface area contributed by atoms with Gasteiger partial charge in [-0.1, -0.05) is 12.1 Å². The zero-order valence-corrected chi connectivity index (χ0v) is 15.9. The van der Waals surface area contributed by atoms with Crippen LogP contribution >= 0.6 is 11.3 Å². The van der Waals surface area contributed by atoms with Crippen molar-refractivity contribution in [3.05, 3.63) is 52.2 Å². The molecule has 134 valence electrons. The largest absolute Gasteiger partial charge is 0.378 e. The molecule has 2 heterocycles. The van der Waals surface area contributed by atoms with E-state index >= 15 is 0 Å². The molecule has 0 spiro atoms. The van der Waals surface area contributed by atoms with E-state index in [-0.39, 0.29) is 5.91 Å². The van der Waals surface area contributed by atoms with Crippen LogP contribution in [0.2, 0.25) is 0 Å². The van der Waals surface area contributed by atoms with Gasteiger partial charge in [0.05, 0.1) is 0 Å². The van der Waals surface area contributed by atoms with Crippen molar-refractivity contribution in [2.75, 3.05) is 45.2 Å². The molecule has 1 amide bonds. The average Bonchev–Trinajstić information content (AvgIpc) is 3.17. The highest BCUT2D eigenvalue weighted by atomic mass is 32.1. The van der Waals surface area contributed by atoms with Crippen molar-refractivity contribution in [3.63, 3.8) is 0 Å². The van der Waals surface area contributed by atoms with E-state index in [1.54, 1.807) is 0 Å². The fourth-order valence-corrected chi connectivity index (χ4v) is 4.22. The van der Waals surface area contributed by atoms with Gasteiger partial charge in [-0.05, 0) is 61.5 Å². The van der Waals surface area contributed by atoms with Gasteiger partial charge in [-0.3, -0.25) is 4.79 Å². The van der Waals surface area contributed by atoms with Crippen LogP contribution in [0.1, 0.15) is 34.0 Å². The molecule has 4 nitrogen and oxygen atoms in total. The number of hydrogen-bond acceptors (Lipinski definition) is 4. The first-order chi connectivity index (χ1) is 12.1. The van der Waals surface area contributed by atoms with Crippen LogP contribution in [0.15, 0.2) is 41.8 Å². The number of anilines is 1. The summed E-state index contributed by atoms with van der Waals surface area (Å²) >= 11 is 1.87. The zero-order valence-electron chi connectivity index (χ0n) is 15.1. The molecule has 3 rings (SSSR count). The van der Waals surface area contributed by atoms with Gasteiger partial charge in [0.25, 0.3) is 5.91 Å². The summed E-state index contributed by atoms with van der Waals surface area (Å²) in [5.41, 5.74) is 1.77. The van der Waals surface area contributed by atoms with Gasteiger partial charge < -0.3 is 15.1 Å². The van der Waals surface area contributed by atoms with Crippen LogP contribution in [0.3, 0.4) is 0 Å². The molecule has 0 radical (unpaired) electrons. The smallest absolute Gasteiger partial charge is 0.251 e. The van der Waals surface area contributed by atoms with E-state index in [9.17, 15) is 4.79 Å². The van der Waals surface area contributed by atoms with Crippen LogP contribution in [0, 0.1) is 0 Å². The number of hydrogen-bond donors (Lipinski definition) is 1. The Morgan fingerprint density at radius 3 is 2.72 bits per heavy atom. The van der Waals surface area contributed by atoms with Crippen LogP contribution in [-0.4, -0.2) is 51.1 Å². The van der Waals surface area contributed by atoms with E-state index in [2.05, 4.69) is 27.7 Å². The second kappa shape index (κ2) is 8.50. The zero-order chi connectivity index (χ0) is 17.6. The second-order valence-corrected chi connectivity index (χ2v) is 7.81. The summed E-state index contributed by atoms with van der Waals surface area (Å²) in [6.45, 7) is 3.87. The highest BCUT2D eigenvalue weighted by molar-refractivity contribution is 7.10. The van der Waals surface area contributed by atoms with E-state index in [4.69, 9.17) is 0 Å². The number of piperidine rings is 1. The van der Waals surface area contributed by atoms with Gasteiger partial charge in [-0.15, -0.1) is 11.3 Å². The summed E-state index contributed by atoms with van der Waals surface area (Å²) in [5, 5.41) is 5.22. The third kappa shape index (κ3) is 4.83. The van der Waals surface area contributed by atoms with Crippen LogP contribution in [0.4, 0.5) is 5.69 Å². The van der Waals surface area contributed by atoms with Gasteiger partial charge in [0, 0.05) is 43.3 Å². The molecule has 25 heavy (non-hydrogen) atoms. The molecule has 1 aliphatic heterocycles. The Kier molecular flexibility index (Phi) is 6.10. The second-order valence-electron chi connectivity index (χ2n) is 6.83. The lowest BCUT2D eigenvalue weighted by atomic mass is 9.95. The molecule has 0 atom stereocenters. The molecule has 5 heteroatoms. The highest BCUT2D eigenvalue weighted by Gasteiger charge is 2.21. The Balaban J connectivity index is 1.41. The molecular formula is C20H27N3OS. The minimum atomic E-state index is 0.0113. The van der Waals surface area contributed by atoms with Crippen molar-refractivity contribution in [1.29, 1.82) is 0 Å². The molecular weight excluding hydrogens is 330 g/mol. The maximum atomic E-state index is 12.3. The minimum absolute atomic E-state index is 0.0113. The van der Waals surface area contributed by atoms with Gasteiger partial charge in [-0.2, -0.15) is 0 Å². The number of carbonyl (C=O) groups is 1. The lowest BCUT2D eigenvalue weighted by Crippen LogP contribution is -2.39. The van der Waals surface area contributed by atoms with Crippen molar-refractivity contribution in [1.82, 2.24) is 10.2 Å². The predicted molar refractivity (Wildman–Crippen MR) is 106 cm³/mol. The maximum Gasteiger partial charge on any atom is 0.251 e. The lowest BCUT2D eigenvalue weighted by Gasteiger charge is -2.31. The molecule has 2 aromatic rings. The van der Waals surface area contributed by atoms with Crippen molar-refractivity contribution in [3.8, 4) is 0 Å². The van der Waals surface area contributed by atoms with Crippen molar-refractivity contribution >= 4 is 22.9 Å². The van der Waals surface area contributed by atoms with Gasteiger partial charge in [0.2, 0.25) is 0 Å². The maximum absolute atomic E-state index is 12.3. The standard InChI is InChI=1S/C20H27N3OS/c1-22(2)18-6-3-5-17(15-18)20(24)21-10-13-23-11-8-16(9-12-23)19-7-4-14-25-19/h3-7,14-16H,8-13H2,1-2H3,(H,21,24). The fraction of sp³-hybridized carbons (Fsp3) is 0.450. The molecule has 1 aromatic heterocycles. The number of rotatable bonds is 6. The molecule has 1 aliphatic rings. The lowest BCUT2D eigenvalue weighted by molar-refractivity contribution is 0.0946. The molecule has 1 aromatic carbocycles. The number of likely N-dealkylation sites (tertiary alicyclic amines) is 1. The molecule has 0 saturated carbocycles. The first kappa shape index (κ1) is 18.0. The average molecular weight is 358 g/mol. The van der Waals surface area contributed by atoms with E-state index in [1.807, 2.05) is 54.6 Å². The van der Waals surface area contributed by atoms with Crippen LogP contribution in [-0.2, 0) is 0 Å². The third-order valence-electron chi connectivity index (χ3n) is 4.87.